The molecule has 0 aliphatic heterocycles. The van der Waals surface area contributed by atoms with Crippen molar-refractivity contribution in [1.82, 2.24) is 0 Å². The van der Waals surface area contributed by atoms with Crippen LogP contribution in [0, 0.1) is 0 Å². The Morgan fingerprint density at radius 2 is 1.26 bits per heavy atom. The number of para-hydroxylation sites is 2. The lowest BCUT2D eigenvalue weighted by atomic mass is 10.3. The molecule has 3 heteroatoms. The molecule has 0 atom stereocenters. The summed E-state index contributed by atoms with van der Waals surface area (Å²) in [6.07, 6.45) is 1.32. The average Bonchev–Trinajstić information content (AvgIpc) is 2.40. The van der Waals surface area contributed by atoms with Crippen LogP contribution in [-0.2, 0) is 4.79 Å². The van der Waals surface area contributed by atoms with Crippen molar-refractivity contribution in [1.29, 1.82) is 0 Å². The molecular weight excluding hydrogens is 240 g/mol. The Balaban J connectivity index is 2.16. The minimum absolute atomic E-state index is 0.137. The third-order valence-corrected chi connectivity index (χ3v) is 2.24. The van der Waals surface area contributed by atoms with E-state index < -0.39 is 0 Å². The molecule has 0 saturated carbocycles. The molecule has 0 aliphatic carbocycles. The highest BCUT2D eigenvalue weighted by atomic mass is 16.7. The Morgan fingerprint density at radius 1 is 0.842 bits per heavy atom. The first kappa shape index (κ1) is 12.9. The van der Waals surface area contributed by atoms with Crippen LogP contribution in [0.25, 0.3) is 0 Å². The zero-order valence-electron chi connectivity index (χ0n) is 10.6. The molecule has 2 aromatic rings. The highest BCUT2D eigenvalue weighted by molar-refractivity contribution is 5.87. The Hall–Kier alpha value is -2.55. The fraction of sp³-hybridized carbons (Fsp3) is 0.0625. The molecule has 0 heterocycles. The fourth-order valence-corrected chi connectivity index (χ4v) is 1.46. The molecule has 0 N–H and O–H groups in total. The second-order valence-corrected chi connectivity index (χ2v) is 3.90. The zero-order chi connectivity index (χ0) is 13.5. The summed E-state index contributed by atoms with van der Waals surface area (Å²) in [7, 11) is 0. The molecule has 0 saturated heterocycles. The summed E-state index contributed by atoms with van der Waals surface area (Å²) in [5.41, 5.74) is 0. The van der Waals surface area contributed by atoms with Crippen molar-refractivity contribution in [2.24, 2.45) is 0 Å². The molecule has 0 aromatic heterocycles. The maximum absolute atomic E-state index is 11.2. The third-order valence-electron chi connectivity index (χ3n) is 2.24. The lowest BCUT2D eigenvalue weighted by Gasteiger charge is -2.10. The lowest BCUT2D eigenvalue weighted by molar-refractivity contribution is -0.112. The van der Waals surface area contributed by atoms with Crippen molar-refractivity contribution in [3.8, 4) is 11.5 Å². The first-order valence-electron chi connectivity index (χ1n) is 5.92. The van der Waals surface area contributed by atoms with Gasteiger partial charge in [-0.2, -0.15) is 0 Å². The normalized spacial score (nSPS) is 9.53. The molecule has 0 radical (unpaired) electrons. The van der Waals surface area contributed by atoms with Crippen LogP contribution < -0.4 is 9.47 Å². The Bertz CT molecular complexity index is 516. The van der Waals surface area contributed by atoms with Crippen LogP contribution in [0.2, 0.25) is 0 Å². The summed E-state index contributed by atoms with van der Waals surface area (Å²) in [6.45, 7) is 1.45. The van der Waals surface area contributed by atoms with Crippen molar-refractivity contribution in [3.05, 3.63) is 72.7 Å². The third kappa shape index (κ3) is 4.32. The van der Waals surface area contributed by atoms with Crippen LogP contribution in [-0.4, -0.2) is 5.78 Å². The summed E-state index contributed by atoms with van der Waals surface area (Å²) in [5.74, 6) is 1.25. The average molecular weight is 254 g/mol. The SMILES string of the molecule is CC(=O)C=C(Oc1ccccc1)Oc1ccccc1. The van der Waals surface area contributed by atoms with Crippen molar-refractivity contribution in [2.75, 3.05) is 0 Å². The van der Waals surface area contributed by atoms with E-state index in [0.717, 1.165) is 0 Å². The van der Waals surface area contributed by atoms with Crippen LogP contribution in [0.3, 0.4) is 0 Å². The fourth-order valence-electron chi connectivity index (χ4n) is 1.46. The van der Waals surface area contributed by atoms with Gasteiger partial charge in [0.05, 0.1) is 6.08 Å². The van der Waals surface area contributed by atoms with Crippen LogP contribution >= 0.6 is 0 Å². The number of carbonyl (C=O) groups is 1. The minimum atomic E-state index is -0.137. The van der Waals surface area contributed by atoms with Crippen LogP contribution in [0.15, 0.2) is 72.7 Å². The van der Waals surface area contributed by atoms with Gasteiger partial charge >= 0.3 is 0 Å². The van der Waals surface area contributed by atoms with E-state index in [2.05, 4.69) is 0 Å². The Labute approximate surface area is 112 Å². The number of rotatable bonds is 5. The van der Waals surface area contributed by atoms with Gasteiger partial charge in [0, 0.05) is 0 Å². The number of allylic oxidation sites excluding steroid dienone is 1. The van der Waals surface area contributed by atoms with Gasteiger partial charge in [0.25, 0.3) is 5.95 Å². The lowest BCUT2D eigenvalue weighted by Crippen LogP contribution is -2.06. The number of hydrogen-bond donors (Lipinski definition) is 0. The number of hydrogen-bond acceptors (Lipinski definition) is 3. The smallest absolute Gasteiger partial charge is 0.293 e. The van der Waals surface area contributed by atoms with Gasteiger partial charge in [-0.05, 0) is 31.2 Å². The van der Waals surface area contributed by atoms with E-state index in [0.29, 0.717) is 11.5 Å². The zero-order valence-corrected chi connectivity index (χ0v) is 10.6. The summed E-state index contributed by atoms with van der Waals surface area (Å²) in [4.78, 5) is 11.2. The molecule has 0 fully saturated rings. The molecule has 96 valence electrons. The number of benzene rings is 2. The largest absolute Gasteiger partial charge is 0.426 e. The first-order valence-corrected chi connectivity index (χ1v) is 5.92. The summed E-state index contributed by atoms with van der Waals surface area (Å²) < 4.78 is 11.1. The molecule has 2 rings (SSSR count). The van der Waals surface area contributed by atoms with Crippen molar-refractivity contribution < 1.29 is 14.3 Å². The van der Waals surface area contributed by atoms with Gasteiger partial charge in [0.15, 0.2) is 5.78 Å². The quantitative estimate of drug-likeness (QED) is 0.604. The van der Waals surface area contributed by atoms with Gasteiger partial charge in [-0.3, -0.25) is 4.79 Å². The topological polar surface area (TPSA) is 35.5 Å². The van der Waals surface area contributed by atoms with Gasteiger partial charge in [-0.15, -0.1) is 0 Å². The predicted molar refractivity (Wildman–Crippen MR) is 72.9 cm³/mol. The first-order chi connectivity index (χ1) is 9.24. The van der Waals surface area contributed by atoms with E-state index in [1.165, 1.54) is 13.0 Å². The van der Waals surface area contributed by atoms with Gasteiger partial charge in [0.1, 0.15) is 11.5 Å². The second kappa shape index (κ2) is 6.40. The number of ether oxygens (including phenoxy) is 2. The van der Waals surface area contributed by atoms with E-state index in [1.54, 1.807) is 24.3 Å². The van der Waals surface area contributed by atoms with Crippen molar-refractivity contribution in [3.63, 3.8) is 0 Å². The number of ketones is 1. The maximum Gasteiger partial charge on any atom is 0.293 e. The summed E-state index contributed by atoms with van der Waals surface area (Å²) in [5, 5.41) is 0. The molecule has 3 nitrogen and oxygen atoms in total. The summed E-state index contributed by atoms with van der Waals surface area (Å²) in [6, 6.07) is 18.4. The van der Waals surface area contributed by atoms with Crippen molar-refractivity contribution in [2.45, 2.75) is 6.92 Å². The minimum Gasteiger partial charge on any atom is -0.426 e. The maximum atomic E-state index is 11.2. The summed E-state index contributed by atoms with van der Waals surface area (Å²) >= 11 is 0. The molecule has 19 heavy (non-hydrogen) atoms. The molecule has 0 amide bonds. The Morgan fingerprint density at radius 3 is 1.63 bits per heavy atom. The van der Waals surface area contributed by atoms with E-state index in [9.17, 15) is 4.79 Å². The second-order valence-electron chi connectivity index (χ2n) is 3.90. The van der Waals surface area contributed by atoms with Crippen LogP contribution in [0.1, 0.15) is 6.92 Å². The standard InChI is InChI=1S/C16H14O3/c1-13(17)12-16(18-14-8-4-2-5-9-14)19-15-10-6-3-7-11-15/h2-12H,1H3. The Kier molecular flexibility index (Phi) is 4.34. The number of carbonyl (C=O) groups excluding carboxylic acids is 1. The van der Waals surface area contributed by atoms with E-state index >= 15 is 0 Å². The molecule has 2 aromatic carbocycles. The molecule has 0 aliphatic rings. The van der Waals surface area contributed by atoms with E-state index in [4.69, 9.17) is 9.47 Å². The van der Waals surface area contributed by atoms with Crippen LogP contribution in [0.5, 0.6) is 11.5 Å². The molecule has 0 unspecified atom stereocenters. The van der Waals surface area contributed by atoms with Crippen molar-refractivity contribution >= 4 is 5.78 Å². The monoisotopic (exact) mass is 254 g/mol. The van der Waals surface area contributed by atoms with Gasteiger partial charge in [0.2, 0.25) is 0 Å². The van der Waals surface area contributed by atoms with E-state index in [-0.39, 0.29) is 11.7 Å². The molecule has 0 bridgehead atoms. The molecule has 0 spiro atoms. The van der Waals surface area contributed by atoms with Gasteiger partial charge in [-0.25, -0.2) is 0 Å². The van der Waals surface area contributed by atoms with Gasteiger partial charge in [-0.1, -0.05) is 36.4 Å². The highest BCUT2D eigenvalue weighted by Crippen LogP contribution is 2.17. The van der Waals surface area contributed by atoms with Crippen LogP contribution in [0.4, 0.5) is 0 Å². The highest BCUT2D eigenvalue weighted by Gasteiger charge is 2.05. The molecular formula is C16H14O3. The van der Waals surface area contributed by atoms with Gasteiger partial charge < -0.3 is 9.47 Å². The van der Waals surface area contributed by atoms with E-state index in [1.807, 2.05) is 36.4 Å². The predicted octanol–water partition coefficient (Wildman–Crippen LogP) is 3.57.